The summed E-state index contributed by atoms with van der Waals surface area (Å²) in [7, 11) is 1.81. The number of halogens is 1. The van der Waals surface area contributed by atoms with Gasteiger partial charge in [0.2, 0.25) is 5.91 Å². The molecule has 0 aliphatic heterocycles. The SMILES string of the molecule is CCN(C)C(=O)C(C)NC(C)c1ccc(Cl)cc1. The van der Waals surface area contributed by atoms with Crippen LogP contribution in [-0.4, -0.2) is 30.4 Å². The number of nitrogens with one attached hydrogen (secondary N) is 1. The maximum Gasteiger partial charge on any atom is 0.239 e. The quantitative estimate of drug-likeness (QED) is 0.891. The molecule has 18 heavy (non-hydrogen) atoms. The summed E-state index contributed by atoms with van der Waals surface area (Å²) in [4.78, 5) is 13.7. The Morgan fingerprint density at radius 1 is 1.33 bits per heavy atom. The number of nitrogens with zero attached hydrogens (tertiary/aromatic N) is 1. The van der Waals surface area contributed by atoms with Crippen LogP contribution in [0.2, 0.25) is 5.02 Å². The van der Waals surface area contributed by atoms with Crippen molar-refractivity contribution in [2.45, 2.75) is 32.9 Å². The van der Waals surface area contributed by atoms with Crippen LogP contribution in [0.3, 0.4) is 0 Å². The van der Waals surface area contributed by atoms with E-state index in [0.717, 1.165) is 17.1 Å². The number of carbonyl (C=O) groups is 1. The monoisotopic (exact) mass is 268 g/mol. The average molecular weight is 269 g/mol. The summed E-state index contributed by atoms with van der Waals surface area (Å²) in [5.41, 5.74) is 1.12. The minimum Gasteiger partial charge on any atom is -0.345 e. The lowest BCUT2D eigenvalue weighted by Gasteiger charge is -2.24. The average Bonchev–Trinajstić information content (AvgIpc) is 2.37. The zero-order valence-electron chi connectivity index (χ0n) is 11.4. The first kappa shape index (κ1) is 15.0. The van der Waals surface area contributed by atoms with Crippen molar-refractivity contribution in [2.24, 2.45) is 0 Å². The molecule has 100 valence electrons. The van der Waals surface area contributed by atoms with Gasteiger partial charge >= 0.3 is 0 Å². The third-order valence-corrected chi connectivity index (χ3v) is 3.34. The molecule has 0 saturated heterocycles. The third kappa shape index (κ3) is 4.00. The van der Waals surface area contributed by atoms with Gasteiger partial charge < -0.3 is 4.90 Å². The maximum absolute atomic E-state index is 11.9. The molecular weight excluding hydrogens is 248 g/mol. The lowest BCUT2D eigenvalue weighted by atomic mass is 10.1. The molecule has 1 N–H and O–H groups in total. The topological polar surface area (TPSA) is 32.3 Å². The zero-order valence-corrected chi connectivity index (χ0v) is 12.2. The number of hydrogen-bond acceptors (Lipinski definition) is 2. The van der Waals surface area contributed by atoms with Crippen molar-refractivity contribution in [3.8, 4) is 0 Å². The summed E-state index contributed by atoms with van der Waals surface area (Å²) in [5.74, 6) is 0.110. The molecule has 0 aliphatic rings. The van der Waals surface area contributed by atoms with Gasteiger partial charge in [-0.25, -0.2) is 0 Å². The van der Waals surface area contributed by atoms with Crippen molar-refractivity contribution >= 4 is 17.5 Å². The second-order valence-electron chi connectivity index (χ2n) is 4.51. The molecule has 0 bridgehead atoms. The molecule has 1 rings (SSSR count). The van der Waals surface area contributed by atoms with Gasteiger partial charge in [-0.15, -0.1) is 0 Å². The lowest BCUT2D eigenvalue weighted by molar-refractivity contribution is -0.131. The Kier molecular flexibility index (Phi) is 5.63. The van der Waals surface area contributed by atoms with E-state index in [1.54, 1.807) is 4.90 Å². The first-order valence-corrected chi connectivity index (χ1v) is 6.60. The van der Waals surface area contributed by atoms with Crippen molar-refractivity contribution in [3.63, 3.8) is 0 Å². The predicted molar refractivity (Wildman–Crippen MR) is 75.8 cm³/mol. The predicted octanol–water partition coefficient (Wildman–Crippen LogP) is 2.86. The van der Waals surface area contributed by atoms with Crippen LogP contribution in [0.15, 0.2) is 24.3 Å². The number of likely N-dealkylation sites (N-methyl/N-ethyl adjacent to an activating group) is 1. The fourth-order valence-corrected chi connectivity index (χ4v) is 1.91. The van der Waals surface area contributed by atoms with E-state index in [0.29, 0.717) is 0 Å². The normalized spacial score (nSPS) is 14.1. The molecule has 0 fully saturated rings. The van der Waals surface area contributed by atoms with Gasteiger partial charge in [0.1, 0.15) is 0 Å². The highest BCUT2D eigenvalue weighted by Gasteiger charge is 2.18. The molecular formula is C14H21ClN2O. The van der Waals surface area contributed by atoms with Gasteiger partial charge in [-0.3, -0.25) is 10.1 Å². The second kappa shape index (κ2) is 6.76. The van der Waals surface area contributed by atoms with Crippen LogP contribution in [0, 0.1) is 0 Å². The second-order valence-corrected chi connectivity index (χ2v) is 4.95. The molecule has 0 radical (unpaired) electrons. The van der Waals surface area contributed by atoms with Gasteiger partial charge in [-0.1, -0.05) is 23.7 Å². The molecule has 3 nitrogen and oxygen atoms in total. The number of benzene rings is 1. The molecule has 0 aromatic heterocycles. The minimum atomic E-state index is -0.194. The van der Waals surface area contributed by atoms with E-state index >= 15 is 0 Å². The van der Waals surface area contributed by atoms with Crippen molar-refractivity contribution < 1.29 is 4.79 Å². The van der Waals surface area contributed by atoms with Crippen LogP contribution in [0.25, 0.3) is 0 Å². The van der Waals surface area contributed by atoms with Gasteiger partial charge in [0, 0.05) is 24.7 Å². The number of carbonyl (C=O) groups excluding carboxylic acids is 1. The smallest absolute Gasteiger partial charge is 0.239 e. The van der Waals surface area contributed by atoms with Crippen LogP contribution in [-0.2, 0) is 4.79 Å². The molecule has 2 unspecified atom stereocenters. The van der Waals surface area contributed by atoms with Gasteiger partial charge in [0.15, 0.2) is 0 Å². The Morgan fingerprint density at radius 2 is 1.89 bits per heavy atom. The Labute approximate surface area is 114 Å². The zero-order chi connectivity index (χ0) is 13.7. The summed E-state index contributed by atoms with van der Waals surface area (Å²) < 4.78 is 0. The molecule has 0 aliphatic carbocycles. The first-order chi connectivity index (χ1) is 8.45. The van der Waals surface area contributed by atoms with E-state index < -0.39 is 0 Å². The Morgan fingerprint density at radius 3 is 2.39 bits per heavy atom. The Bertz CT molecular complexity index is 391. The van der Waals surface area contributed by atoms with E-state index in [2.05, 4.69) is 5.32 Å². The maximum atomic E-state index is 11.9. The van der Waals surface area contributed by atoms with Gasteiger partial charge in [-0.05, 0) is 38.5 Å². The molecule has 1 aromatic rings. The van der Waals surface area contributed by atoms with E-state index in [1.807, 2.05) is 52.1 Å². The van der Waals surface area contributed by atoms with Crippen molar-refractivity contribution in [3.05, 3.63) is 34.9 Å². The van der Waals surface area contributed by atoms with Gasteiger partial charge in [0.05, 0.1) is 6.04 Å². The highest BCUT2D eigenvalue weighted by molar-refractivity contribution is 6.30. The fraction of sp³-hybridized carbons (Fsp3) is 0.500. The first-order valence-electron chi connectivity index (χ1n) is 6.22. The summed E-state index contributed by atoms with van der Waals surface area (Å²) in [6.45, 7) is 6.62. The van der Waals surface area contributed by atoms with Crippen molar-refractivity contribution in [1.82, 2.24) is 10.2 Å². The third-order valence-electron chi connectivity index (χ3n) is 3.09. The number of hydrogen-bond donors (Lipinski definition) is 1. The van der Waals surface area contributed by atoms with Gasteiger partial charge in [-0.2, -0.15) is 0 Å². The minimum absolute atomic E-state index is 0.110. The Hall–Kier alpha value is -1.06. The van der Waals surface area contributed by atoms with Crippen molar-refractivity contribution in [1.29, 1.82) is 0 Å². The largest absolute Gasteiger partial charge is 0.345 e. The van der Waals surface area contributed by atoms with Crippen LogP contribution >= 0.6 is 11.6 Å². The molecule has 0 heterocycles. The van der Waals surface area contributed by atoms with Crippen LogP contribution in [0.1, 0.15) is 32.4 Å². The fourth-order valence-electron chi connectivity index (χ4n) is 1.78. The van der Waals surface area contributed by atoms with Crippen molar-refractivity contribution in [2.75, 3.05) is 13.6 Å². The van der Waals surface area contributed by atoms with Crippen LogP contribution < -0.4 is 5.32 Å². The number of amides is 1. The van der Waals surface area contributed by atoms with Crippen LogP contribution in [0.4, 0.5) is 0 Å². The molecule has 0 spiro atoms. The highest BCUT2D eigenvalue weighted by Crippen LogP contribution is 2.16. The molecule has 1 aromatic carbocycles. The molecule has 2 atom stereocenters. The van der Waals surface area contributed by atoms with E-state index in [9.17, 15) is 4.79 Å². The molecule has 0 saturated carbocycles. The lowest BCUT2D eigenvalue weighted by Crippen LogP contribution is -2.43. The van der Waals surface area contributed by atoms with E-state index in [-0.39, 0.29) is 18.0 Å². The summed E-state index contributed by atoms with van der Waals surface area (Å²) >= 11 is 5.85. The van der Waals surface area contributed by atoms with Gasteiger partial charge in [0.25, 0.3) is 0 Å². The number of rotatable bonds is 5. The molecule has 1 amide bonds. The standard InChI is InChI=1S/C14H21ClN2O/c1-5-17(4)14(18)11(3)16-10(2)12-6-8-13(15)9-7-12/h6-11,16H,5H2,1-4H3. The summed E-state index contributed by atoms with van der Waals surface area (Å²) in [6, 6.07) is 7.59. The van der Waals surface area contributed by atoms with E-state index in [1.165, 1.54) is 0 Å². The summed E-state index contributed by atoms with van der Waals surface area (Å²) in [6.07, 6.45) is 0. The highest BCUT2D eigenvalue weighted by atomic mass is 35.5. The molecule has 4 heteroatoms. The van der Waals surface area contributed by atoms with E-state index in [4.69, 9.17) is 11.6 Å². The Balaban J connectivity index is 2.61. The van der Waals surface area contributed by atoms with Crippen LogP contribution in [0.5, 0.6) is 0 Å². The summed E-state index contributed by atoms with van der Waals surface area (Å²) in [5, 5.41) is 4.02.